The molecule has 0 spiro atoms. The number of unbranched alkanes of at least 4 members (excludes halogenated alkanes) is 3. The summed E-state index contributed by atoms with van der Waals surface area (Å²) in [6.45, 7) is 7.81. The molecule has 6 heteroatoms. The van der Waals surface area contributed by atoms with E-state index in [1.54, 1.807) is 3.58 Å². The van der Waals surface area contributed by atoms with E-state index in [1.807, 2.05) is 31.1 Å². The molecular formula is C29H41N5Sn. The van der Waals surface area contributed by atoms with E-state index in [0.29, 0.717) is 0 Å². The molecule has 0 atom stereocenters. The molecule has 0 aliphatic carbocycles. The van der Waals surface area contributed by atoms with Gasteiger partial charge in [0.15, 0.2) is 0 Å². The fourth-order valence-electron chi connectivity index (χ4n) is 5.42. The molecule has 3 heterocycles. The molecule has 0 bridgehead atoms. The van der Waals surface area contributed by atoms with Crippen molar-refractivity contribution >= 4 is 33.0 Å². The maximum absolute atomic E-state index is 5.06. The quantitative estimate of drug-likeness (QED) is 0.162. The van der Waals surface area contributed by atoms with Crippen molar-refractivity contribution in [1.29, 1.82) is 0 Å². The van der Waals surface area contributed by atoms with E-state index in [0.717, 1.165) is 29.0 Å². The zero-order valence-corrected chi connectivity index (χ0v) is 24.9. The minimum absolute atomic E-state index is 0.762. The van der Waals surface area contributed by atoms with Gasteiger partial charge >= 0.3 is 216 Å². The average Bonchev–Trinajstić information content (AvgIpc) is 3.51. The Hall–Kier alpha value is -2.15. The zero-order chi connectivity index (χ0) is 24.7. The van der Waals surface area contributed by atoms with Crippen LogP contribution < -0.4 is 3.58 Å². The first kappa shape index (κ1) is 25.9. The van der Waals surface area contributed by atoms with Crippen LogP contribution in [-0.4, -0.2) is 42.5 Å². The number of hydrogen-bond donors (Lipinski definition) is 0. The van der Waals surface area contributed by atoms with Crippen molar-refractivity contribution in [2.24, 2.45) is 7.05 Å². The Morgan fingerprint density at radius 2 is 1.57 bits per heavy atom. The number of nitrogens with zero attached hydrogens (tertiary/aromatic N) is 5. The van der Waals surface area contributed by atoms with Crippen LogP contribution in [0.5, 0.6) is 0 Å². The van der Waals surface area contributed by atoms with Gasteiger partial charge in [-0.2, -0.15) is 0 Å². The first-order chi connectivity index (χ1) is 17.1. The number of benzene rings is 1. The molecule has 5 nitrogen and oxygen atoms in total. The normalized spacial score (nSPS) is 12.0. The van der Waals surface area contributed by atoms with Gasteiger partial charge in [-0.15, -0.1) is 0 Å². The number of aromatic nitrogens is 5. The molecule has 0 radical (unpaired) electrons. The maximum atomic E-state index is 5.06. The summed E-state index contributed by atoms with van der Waals surface area (Å²) >= 11 is -2.49. The van der Waals surface area contributed by atoms with Crippen LogP contribution in [0.1, 0.15) is 64.9 Å². The van der Waals surface area contributed by atoms with E-state index in [4.69, 9.17) is 4.98 Å². The second-order valence-corrected chi connectivity index (χ2v) is 23.3. The van der Waals surface area contributed by atoms with Gasteiger partial charge in [-0.3, -0.25) is 0 Å². The van der Waals surface area contributed by atoms with Gasteiger partial charge in [0.25, 0.3) is 0 Å². The van der Waals surface area contributed by atoms with Crippen LogP contribution in [0, 0.1) is 0 Å². The molecule has 1 aromatic carbocycles. The molecule has 3 aromatic heterocycles. The van der Waals surface area contributed by atoms with Crippen molar-refractivity contribution in [3.8, 4) is 11.4 Å². The minimum atomic E-state index is -2.49. The number of hydrogen-bond acceptors (Lipinski definition) is 3. The van der Waals surface area contributed by atoms with Crippen LogP contribution in [-0.2, 0) is 13.6 Å². The van der Waals surface area contributed by atoms with Gasteiger partial charge in [0, 0.05) is 0 Å². The molecule has 0 amide bonds. The van der Waals surface area contributed by atoms with Crippen molar-refractivity contribution in [2.75, 3.05) is 0 Å². The van der Waals surface area contributed by atoms with Crippen molar-refractivity contribution in [2.45, 2.75) is 79.2 Å². The van der Waals surface area contributed by atoms with Gasteiger partial charge in [0.05, 0.1) is 0 Å². The third kappa shape index (κ3) is 5.99. The molecule has 4 aromatic rings. The molecule has 0 saturated heterocycles. The summed E-state index contributed by atoms with van der Waals surface area (Å²) in [6.07, 6.45) is 17.6. The van der Waals surface area contributed by atoms with Crippen molar-refractivity contribution < 1.29 is 0 Å². The van der Waals surface area contributed by atoms with Crippen LogP contribution in [0.25, 0.3) is 22.4 Å². The third-order valence-corrected chi connectivity index (χ3v) is 23.1. The van der Waals surface area contributed by atoms with Crippen LogP contribution in [0.2, 0.25) is 13.3 Å². The number of imidazole rings is 2. The Bertz CT molecular complexity index is 1190. The topological polar surface area (TPSA) is 48.5 Å². The van der Waals surface area contributed by atoms with Crippen LogP contribution in [0.4, 0.5) is 0 Å². The summed E-state index contributed by atoms with van der Waals surface area (Å²) in [7, 11) is 2.16. The summed E-state index contributed by atoms with van der Waals surface area (Å²) < 4.78 is 10.5. The fourth-order valence-corrected chi connectivity index (χ4v) is 21.4. The van der Waals surface area contributed by atoms with Crippen molar-refractivity contribution in [3.05, 3.63) is 60.9 Å². The van der Waals surface area contributed by atoms with E-state index in [9.17, 15) is 0 Å². The molecule has 186 valence electrons. The fraction of sp³-hybridized carbons (Fsp3) is 0.483. The number of aryl methyl sites for hydroxylation is 1. The summed E-state index contributed by atoms with van der Waals surface area (Å²) in [5.74, 6) is 0.994. The first-order valence-electron chi connectivity index (χ1n) is 13.5. The predicted octanol–water partition coefficient (Wildman–Crippen LogP) is 6.94. The SMILES string of the molecule is CCC[CH2][Sn]([CH2]CCC)([CH2]CCC)[c]1ccc2nc(-c3cncc(Cn4ccnc4)c3)n(C)c2c1. The van der Waals surface area contributed by atoms with Crippen molar-refractivity contribution in [1.82, 2.24) is 24.1 Å². The third-order valence-electron chi connectivity index (χ3n) is 7.50. The van der Waals surface area contributed by atoms with Gasteiger partial charge in [-0.05, 0) is 0 Å². The summed E-state index contributed by atoms with van der Waals surface area (Å²) in [6, 6.07) is 9.50. The average molecular weight is 578 g/mol. The molecule has 35 heavy (non-hydrogen) atoms. The molecular weight excluding hydrogens is 537 g/mol. The Balaban J connectivity index is 1.72. The molecule has 0 unspecified atom stereocenters. The molecule has 0 saturated carbocycles. The van der Waals surface area contributed by atoms with E-state index in [1.165, 1.54) is 57.4 Å². The van der Waals surface area contributed by atoms with E-state index in [-0.39, 0.29) is 0 Å². The Morgan fingerprint density at radius 1 is 0.857 bits per heavy atom. The Kier molecular flexibility index (Phi) is 9.04. The van der Waals surface area contributed by atoms with E-state index < -0.39 is 18.4 Å². The van der Waals surface area contributed by atoms with E-state index in [2.05, 4.69) is 71.2 Å². The van der Waals surface area contributed by atoms with Crippen LogP contribution >= 0.6 is 0 Å². The van der Waals surface area contributed by atoms with E-state index >= 15 is 0 Å². The number of rotatable bonds is 13. The number of pyridine rings is 1. The summed E-state index contributed by atoms with van der Waals surface area (Å²) in [4.78, 5) is 13.7. The van der Waals surface area contributed by atoms with Crippen LogP contribution in [0.3, 0.4) is 0 Å². The number of fused-ring (bicyclic) bond motifs is 1. The summed E-state index contributed by atoms with van der Waals surface area (Å²) in [5.41, 5.74) is 4.58. The second kappa shape index (κ2) is 12.2. The van der Waals surface area contributed by atoms with Crippen LogP contribution in [0.15, 0.2) is 55.4 Å². The second-order valence-electron chi connectivity index (χ2n) is 10.1. The van der Waals surface area contributed by atoms with Gasteiger partial charge in [-0.1, -0.05) is 0 Å². The van der Waals surface area contributed by atoms with Crippen molar-refractivity contribution in [3.63, 3.8) is 0 Å². The Morgan fingerprint density at radius 3 is 2.20 bits per heavy atom. The predicted molar refractivity (Wildman–Crippen MR) is 150 cm³/mol. The van der Waals surface area contributed by atoms with Gasteiger partial charge < -0.3 is 0 Å². The Labute approximate surface area is 214 Å². The molecule has 4 rings (SSSR count). The molecule has 0 aliphatic heterocycles. The molecule has 0 aliphatic rings. The van der Waals surface area contributed by atoms with Gasteiger partial charge in [0.2, 0.25) is 0 Å². The van der Waals surface area contributed by atoms with Gasteiger partial charge in [0.1, 0.15) is 0 Å². The zero-order valence-electron chi connectivity index (χ0n) is 22.0. The monoisotopic (exact) mass is 579 g/mol. The molecule has 0 N–H and O–H groups in total. The van der Waals surface area contributed by atoms with Gasteiger partial charge in [-0.25, -0.2) is 0 Å². The molecule has 0 fully saturated rings. The first-order valence-corrected chi connectivity index (χ1v) is 21.0. The summed E-state index contributed by atoms with van der Waals surface area (Å²) in [5, 5.41) is 0. The standard InChI is InChI=1S/C17H14N5.3C4H9.Sn/c1-21-16-5-3-2-4-15(16)20-17(21)14-8-13(9-19-10-14)11-22-7-6-18-12-22;3*1-3-4-2;/h2,4-10,12H,11H2,1H3;3*1,3-4H2,2H3;.